The summed E-state index contributed by atoms with van der Waals surface area (Å²) in [5.74, 6) is -0.117. The number of hydrogen-bond donors (Lipinski definition) is 2. The first-order valence-corrected chi connectivity index (χ1v) is 6.45. The fraction of sp³-hybridized carbons (Fsp3) is 0.0769. The molecule has 106 valence electrons. The molecule has 0 atom stereocenters. The number of halogens is 1. The third-order valence-electron chi connectivity index (χ3n) is 2.81. The summed E-state index contributed by atoms with van der Waals surface area (Å²) in [5, 5.41) is 5.54. The second-order valence-corrected chi connectivity index (χ2v) is 4.78. The summed E-state index contributed by atoms with van der Waals surface area (Å²) >= 11 is 5.95. The minimum Gasteiger partial charge on any atom is -0.291 e. The van der Waals surface area contributed by atoms with Gasteiger partial charge in [-0.25, -0.2) is 4.98 Å². The van der Waals surface area contributed by atoms with Gasteiger partial charge >= 0.3 is 0 Å². The number of nitrogens with one attached hydrogen (secondary N) is 2. The van der Waals surface area contributed by atoms with Crippen molar-refractivity contribution in [2.24, 2.45) is 0 Å². The number of hydrogen-bond acceptors (Lipinski definition) is 4. The largest absolute Gasteiger partial charge is 0.291 e. The van der Waals surface area contributed by atoms with E-state index in [2.05, 4.69) is 20.4 Å². The number of anilines is 1. The van der Waals surface area contributed by atoms with Crippen LogP contribution in [0.5, 0.6) is 0 Å². The van der Waals surface area contributed by atoms with E-state index in [-0.39, 0.29) is 17.3 Å². The van der Waals surface area contributed by atoms with Crippen LogP contribution < -0.4 is 10.9 Å². The van der Waals surface area contributed by atoms with Crippen molar-refractivity contribution in [3.05, 3.63) is 57.0 Å². The van der Waals surface area contributed by atoms with Crippen LogP contribution in [0.1, 0.15) is 16.1 Å². The van der Waals surface area contributed by atoms with Crippen LogP contribution in [-0.4, -0.2) is 25.5 Å². The molecule has 8 heteroatoms. The minimum absolute atomic E-state index is 0.120. The lowest BCUT2D eigenvalue weighted by atomic mass is 10.2. The highest BCUT2D eigenvalue weighted by atomic mass is 35.5. The van der Waals surface area contributed by atoms with Crippen LogP contribution in [-0.2, 0) is 0 Å². The predicted molar refractivity (Wildman–Crippen MR) is 77.7 cm³/mol. The molecule has 3 rings (SSSR count). The zero-order valence-corrected chi connectivity index (χ0v) is 11.7. The monoisotopic (exact) mass is 303 g/mol. The molecule has 2 heterocycles. The van der Waals surface area contributed by atoms with Crippen LogP contribution in [0.2, 0.25) is 5.02 Å². The third-order valence-corrected chi connectivity index (χ3v) is 3.14. The van der Waals surface area contributed by atoms with Crippen LogP contribution in [0.15, 0.2) is 35.1 Å². The van der Waals surface area contributed by atoms with E-state index in [1.807, 2.05) is 0 Å². The number of carbonyl (C=O) groups excluding carboxylic acids is 1. The second-order valence-electron chi connectivity index (χ2n) is 4.38. The van der Waals surface area contributed by atoms with Gasteiger partial charge in [-0.15, -0.1) is 0 Å². The van der Waals surface area contributed by atoms with Gasteiger partial charge in [0, 0.05) is 11.8 Å². The predicted octanol–water partition coefficient (Wildman–Crippen LogP) is 1.63. The average Bonchev–Trinajstić information content (AvgIpc) is 2.81. The summed E-state index contributed by atoms with van der Waals surface area (Å²) in [5.41, 5.74) is 0.565. The Kier molecular flexibility index (Phi) is 3.19. The molecule has 0 saturated carbocycles. The Morgan fingerprint density at radius 1 is 1.33 bits per heavy atom. The Balaban J connectivity index is 1.96. The molecule has 0 aliphatic heterocycles. The van der Waals surface area contributed by atoms with Crippen molar-refractivity contribution in [3.63, 3.8) is 0 Å². The summed E-state index contributed by atoms with van der Waals surface area (Å²) < 4.78 is 1.15. The summed E-state index contributed by atoms with van der Waals surface area (Å²) in [6.07, 6.45) is 0. The van der Waals surface area contributed by atoms with Crippen molar-refractivity contribution in [2.75, 3.05) is 5.32 Å². The number of aromatic nitrogens is 4. The quantitative estimate of drug-likeness (QED) is 0.752. The number of benzene rings is 1. The molecule has 3 aromatic rings. The van der Waals surface area contributed by atoms with Gasteiger partial charge in [-0.05, 0) is 19.1 Å². The summed E-state index contributed by atoms with van der Waals surface area (Å²) in [6, 6.07) is 8.01. The molecule has 0 aliphatic carbocycles. The van der Waals surface area contributed by atoms with E-state index in [0.717, 1.165) is 4.52 Å². The van der Waals surface area contributed by atoms with Crippen LogP contribution in [0.4, 0.5) is 5.95 Å². The number of H-pyrrole nitrogens is 1. The highest BCUT2D eigenvalue weighted by molar-refractivity contribution is 6.34. The molecule has 0 aliphatic rings. The number of fused-ring (bicyclic) bond motifs is 1. The molecule has 1 amide bonds. The Hall–Kier alpha value is -2.67. The molecule has 2 N–H and O–H groups in total. The number of aryl methyl sites for hydroxylation is 1. The van der Waals surface area contributed by atoms with Crippen molar-refractivity contribution in [2.45, 2.75) is 6.92 Å². The van der Waals surface area contributed by atoms with Gasteiger partial charge in [0.05, 0.1) is 10.6 Å². The maximum Gasteiger partial charge on any atom is 0.274 e. The van der Waals surface area contributed by atoms with Gasteiger partial charge in [0.1, 0.15) is 0 Å². The molecule has 2 aromatic heterocycles. The van der Waals surface area contributed by atoms with Gasteiger partial charge in [-0.3, -0.25) is 20.0 Å². The van der Waals surface area contributed by atoms with E-state index >= 15 is 0 Å². The topological polar surface area (TPSA) is 92.2 Å². The van der Waals surface area contributed by atoms with Gasteiger partial charge in [0.15, 0.2) is 0 Å². The normalized spacial score (nSPS) is 10.8. The molecular formula is C13H10ClN5O2. The highest BCUT2D eigenvalue weighted by Gasteiger charge is 2.13. The van der Waals surface area contributed by atoms with E-state index < -0.39 is 5.91 Å². The number of carbonyl (C=O) groups is 1. The highest BCUT2D eigenvalue weighted by Crippen LogP contribution is 2.16. The molecule has 0 fully saturated rings. The van der Waals surface area contributed by atoms with Gasteiger partial charge < -0.3 is 0 Å². The van der Waals surface area contributed by atoms with Crippen LogP contribution in [0.25, 0.3) is 5.78 Å². The number of nitrogens with zero attached hydrogens (tertiary/aromatic N) is 3. The van der Waals surface area contributed by atoms with Gasteiger partial charge in [0.2, 0.25) is 5.95 Å². The first-order valence-electron chi connectivity index (χ1n) is 6.07. The Labute approximate surface area is 123 Å². The van der Waals surface area contributed by atoms with Crippen molar-refractivity contribution in [1.29, 1.82) is 0 Å². The zero-order valence-electron chi connectivity index (χ0n) is 10.9. The summed E-state index contributed by atoms with van der Waals surface area (Å²) in [4.78, 5) is 32.0. The lowest BCUT2D eigenvalue weighted by molar-refractivity contribution is 0.102. The molecule has 0 spiro atoms. The Morgan fingerprint density at radius 3 is 2.86 bits per heavy atom. The van der Waals surface area contributed by atoms with E-state index in [0.29, 0.717) is 16.3 Å². The van der Waals surface area contributed by atoms with Crippen molar-refractivity contribution in [1.82, 2.24) is 19.6 Å². The molecule has 0 radical (unpaired) electrons. The van der Waals surface area contributed by atoms with Gasteiger partial charge in [-0.1, -0.05) is 23.7 Å². The van der Waals surface area contributed by atoms with Crippen LogP contribution in [0, 0.1) is 6.92 Å². The van der Waals surface area contributed by atoms with Crippen LogP contribution >= 0.6 is 11.6 Å². The molecular weight excluding hydrogens is 294 g/mol. The first kappa shape index (κ1) is 13.3. The third kappa shape index (κ3) is 2.50. The van der Waals surface area contributed by atoms with E-state index in [9.17, 15) is 9.59 Å². The fourth-order valence-corrected chi connectivity index (χ4v) is 2.09. The number of rotatable bonds is 2. The molecule has 0 unspecified atom stereocenters. The van der Waals surface area contributed by atoms with Gasteiger partial charge in [0.25, 0.3) is 17.2 Å². The van der Waals surface area contributed by atoms with E-state index in [1.165, 1.54) is 6.07 Å². The fourth-order valence-electron chi connectivity index (χ4n) is 1.87. The standard InChI is InChI=1S/C13H10ClN5O2/c1-7-6-10(20)19-13(15-7)17-12(18-19)16-11(21)8-4-2-3-5-9(8)14/h2-6H,1H3,(H2,15,16,17,18,21). The number of aromatic amines is 1. The minimum atomic E-state index is -0.426. The van der Waals surface area contributed by atoms with Crippen molar-refractivity contribution in [3.8, 4) is 0 Å². The molecule has 21 heavy (non-hydrogen) atoms. The van der Waals surface area contributed by atoms with Crippen molar-refractivity contribution >= 4 is 29.2 Å². The maximum absolute atomic E-state index is 12.1. The van der Waals surface area contributed by atoms with E-state index in [1.54, 1.807) is 31.2 Å². The zero-order chi connectivity index (χ0) is 15.0. The molecule has 7 nitrogen and oxygen atoms in total. The molecule has 1 aromatic carbocycles. The number of amides is 1. The first-order chi connectivity index (χ1) is 10.0. The van der Waals surface area contributed by atoms with Crippen molar-refractivity contribution < 1.29 is 4.79 Å². The van der Waals surface area contributed by atoms with Crippen LogP contribution in [0.3, 0.4) is 0 Å². The SMILES string of the molecule is Cc1cc(=O)n2[nH]c(NC(=O)c3ccccc3Cl)nc2n1. The molecule has 0 bridgehead atoms. The second kappa shape index (κ2) is 5.02. The lowest BCUT2D eigenvalue weighted by Gasteiger charge is -2.02. The summed E-state index contributed by atoms with van der Waals surface area (Å²) in [7, 11) is 0. The molecule has 0 saturated heterocycles. The summed E-state index contributed by atoms with van der Waals surface area (Å²) in [6.45, 7) is 1.69. The average molecular weight is 304 g/mol. The van der Waals surface area contributed by atoms with E-state index in [4.69, 9.17) is 11.6 Å². The Bertz CT molecular complexity index is 899. The van der Waals surface area contributed by atoms with Gasteiger partial charge in [-0.2, -0.15) is 9.50 Å². The lowest BCUT2D eigenvalue weighted by Crippen LogP contribution is -2.16. The smallest absolute Gasteiger partial charge is 0.274 e. The maximum atomic E-state index is 12.1. The Morgan fingerprint density at radius 2 is 2.10 bits per heavy atom.